The van der Waals surface area contributed by atoms with Crippen LogP contribution in [0.25, 0.3) is 0 Å². The first kappa shape index (κ1) is 12.9. The predicted molar refractivity (Wildman–Crippen MR) is 63.8 cm³/mol. The van der Waals surface area contributed by atoms with Gasteiger partial charge in [0.25, 0.3) is 0 Å². The molecule has 16 heavy (non-hydrogen) atoms. The summed E-state index contributed by atoms with van der Waals surface area (Å²) in [6.07, 6.45) is 4.70. The third kappa shape index (κ3) is 3.80. The molecule has 3 heteroatoms. The van der Waals surface area contributed by atoms with Gasteiger partial charge in [0.2, 0.25) is 0 Å². The molecule has 0 N–H and O–H groups in total. The van der Waals surface area contributed by atoms with Crippen LogP contribution in [0.5, 0.6) is 0 Å². The highest BCUT2D eigenvalue weighted by molar-refractivity contribution is 5.45. The van der Waals surface area contributed by atoms with Gasteiger partial charge in [0.05, 0.1) is 0 Å². The molecular formula is C13H19F2N. The van der Waals surface area contributed by atoms with Crippen LogP contribution < -0.4 is 4.90 Å². The molecule has 90 valence electrons. The van der Waals surface area contributed by atoms with Gasteiger partial charge in [-0.2, -0.15) is 0 Å². The summed E-state index contributed by atoms with van der Waals surface area (Å²) in [6, 6.07) is 4.03. The number of halogens is 2. The topological polar surface area (TPSA) is 3.24 Å². The number of rotatable bonds is 6. The van der Waals surface area contributed by atoms with E-state index >= 15 is 0 Å². The first-order chi connectivity index (χ1) is 7.65. The van der Waals surface area contributed by atoms with Crippen LogP contribution in [0.4, 0.5) is 14.5 Å². The Labute approximate surface area is 96.1 Å². The second-order valence-corrected chi connectivity index (χ2v) is 4.08. The molecule has 0 aromatic heterocycles. The van der Waals surface area contributed by atoms with Crippen molar-refractivity contribution in [1.29, 1.82) is 0 Å². The Morgan fingerprint density at radius 2 is 1.81 bits per heavy atom. The molecule has 0 amide bonds. The fourth-order valence-electron chi connectivity index (χ4n) is 1.63. The van der Waals surface area contributed by atoms with E-state index in [0.29, 0.717) is 0 Å². The summed E-state index contributed by atoms with van der Waals surface area (Å²) >= 11 is 0. The van der Waals surface area contributed by atoms with Crippen molar-refractivity contribution in [1.82, 2.24) is 0 Å². The van der Waals surface area contributed by atoms with Crippen LogP contribution in [-0.2, 0) is 0 Å². The lowest BCUT2D eigenvalue weighted by atomic mass is 10.2. The molecule has 0 aliphatic rings. The second-order valence-electron chi connectivity index (χ2n) is 4.08. The maximum absolute atomic E-state index is 13.0. The lowest BCUT2D eigenvalue weighted by Gasteiger charge is -2.19. The average Bonchev–Trinajstić information content (AvgIpc) is 2.28. The molecule has 1 nitrogen and oxygen atoms in total. The number of hydrogen-bond donors (Lipinski definition) is 0. The number of anilines is 1. The lowest BCUT2D eigenvalue weighted by Crippen LogP contribution is -2.18. The van der Waals surface area contributed by atoms with Gasteiger partial charge in [0.1, 0.15) is 0 Å². The van der Waals surface area contributed by atoms with Crippen molar-refractivity contribution in [2.45, 2.75) is 32.6 Å². The van der Waals surface area contributed by atoms with Gasteiger partial charge in [-0.05, 0) is 18.6 Å². The van der Waals surface area contributed by atoms with Crippen LogP contribution in [0.15, 0.2) is 18.2 Å². The van der Waals surface area contributed by atoms with Gasteiger partial charge in [-0.25, -0.2) is 8.78 Å². The van der Waals surface area contributed by atoms with Gasteiger partial charge in [-0.15, -0.1) is 0 Å². The zero-order chi connectivity index (χ0) is 12.0. The van der Waals surface area contributed by atoms with Crippen LogP contribution in [0.1, 0.15) is 32.6 Å². The van der Waals surface area contributed by atoms with Crippen LogP contribution in [-0.4, -0.2) is 13.6 Å². The molecule has 0 fully saturated rings. The minimum atomic E-state index is -0.789. The van der Waals surface area contributed by atoms with E-state index < -0.39 is 11.6 Å². The fraction of sp³-hybridized carbons (Fsp3) is 0.538. The van der Waals surface area contributed by atoms with Crippen molar-refractivity contribution in [3.8, 4) is 0 Å². The SMILES string of the molecule is CCCCCCN(C)c1ccc(F)c(F)c1. The van der Waals surface area contributed by atoms with Crippen molar-refractivity contribution >= 4 is 5.69 Å². The van der Waals surface area contributed by atoms with E-state index in [1.54, 1.807) is 6.07 Å². The van der Waals surface area contributed by atoms with E-state index in [4.69, 9.17) is 0 Å². The number of nitrogens with zero attached hydrogens (tertiary/aromatic N) is 1. The molecule has 0 aliphatic carbocycles. The van der Waals surface area contributed by atoms with Crippen LogP contribution in [0.2, 0.25) is 0 Å². The van der Waals surface area contributed by atoms with Crippen LogP contribution >= 0.6 is 0 Å². The summed E-state index contributed by atoms with van der Waals surface area (Å²) in [7, 11) is 1.90. The smallest absolute Gasteiger partial charge is 0.160 e. The van der Waals surface area contributed by atoms with Gasteiger partial charge >= 0.3 is 0 Å². The minimum absolute atomic E-state index is 0.732. The van der Waals surface area contributed by atoms with Crippen molar-refractivity contribution < 1.29 is 8.78 Å². The summed E-state index contributed by atoms with van der Waals surface area (Å²) in [5, 5.41) is 0. The summed E-state index contributed by atoms with van der Waals surface area (Å²) in [6.45, 7) is 3.05. The van der Waals surface area contributed by atoms with Crippen molar-refractivity contribution in [3.05, 3.63) is 29.8 Å². The monoisotopic (exact) mass is 227 g/mol. The Hall–Kier alpha value is -1.12. The zero-order valence-corrected chi connectivity index (χ0v) is 9.97. The Kier molecular flexibility index (Phi) is 5.23. The average molecular weight is 227 g/mol. The molecule has 0 saturated heterocycles. The first-order valence-corrected chi connectivity index (χ1v) is 5.81. The minimum Gasteiger partial charge on any atom is -0.375 e. The zero-order valence-electron chi connectivity index (χ0n) is 9.97. The van der Waals surface area contributed by atoms with E-state index in [9.17, 15) is 8.78 Å². The predicted octanol–water partition coefficient (Wildman–Crippen LogP) is 3.98. The van der Waals surface area contributed by atoms with E-state index in [1.165, 1.54) is 31.4 Å². The molecule has 0 saturated carbocycles. The number of unbranched alkanes of at least 4 members (excludes halogenated alkanes) is 3. The molecule has 0 radical (unpaired) electrons. The Balaban J connectivity index is 2.46. The second kappa shape index (κ2) is 6.46. The maximum Gasteiger partial charge on any atom is 0.160 e. The van der Waals surface area contributed by atoms with Gasteiger partial charge in [-0.3, -0.25) is 0 Å². The first-order valence-electron chi connectivity index (χ1n) is 5.81. The van der Waals surface area contributed by atoms with E-state index in [-0.39, 0.29) is 0 Å². The highest BCUT2D eigenvalue weighted by atomic mass is 19.2. The van der Waals surface area contributed by atoms with Crippen molar-refractivity contribution in [2.75, 3.05) is 18.5 Å². The molecule has 1 aromatic carbocycles. The quantitative estimate of drug-likeness (QED) is 0.664. The number of hydrogen-bond acceptors (Lipinski definition) is 1. The van der Waals surface area contributed by atoms with Crippen LogP contribution in [0.3, 0.4) is 0 Å². The Morgan fingerprint density at radius 3 is 2.44 bits per heavy atom. The van der Waals surface area contributed by atoms with E-state index in [1.807, 2.05) is 11.9 Å². The molecule has 0 heterocycles. The Bertz CT molecular complexity index is 326. The van der Waals surface area contributed by atoms with Crippen LogP contribution in [0, 0.1) is 11.6 Å². The summed E-state index contributed by atoms with van der Waals surface area (Å²) in [4.78, 5) is 1.96. The van der Waals surface area contributed by atoms with Gasteiger partial charge in [0, 0.05) is 25.3 Å². The highest BCUT2D eigenvalue weighted by Gasteiger charge is 2.05. The molecule has 0 atom stereocenters. The fourth-order valence-corrected chi connectivity index (χ4v) is 1.63. The van der Waals surface area contributed by atoms with Gasteiger partial charge in [0.15, 0.2) is 11.6 Å². The summed E-state index contributed by atoms with van der Waals surface area (Å²) in [5.41, 5.74) is 0.732. The molecule has 0 aliphatic heterocycles. The normalized spacial score (nSPS) is 10.5. The molecule has 0 spiro atoms. The largest absolute Gasteiger partial charge is 0.375 e. The highest BCUT2D eigenvalue weighted by Crippen LogP contribution is 2.17. The molecular weight excluding hydrogens is 208 g/mol. The molecule has 1 aromatic rings. The molecule has 1 rings (SSSR count). The van der Waals surface area contributed by atoms with Crippen molar-refractivity contribution in [2.24, 2.45) is 0 Å². The third-order valence-electron chi connectivity index (χ3n) is 2.69. The third-order valence-corrected chi connectivity index (χ3v) is 2.69. The number of benzene rings is 1. The summed E-state index contributed by atoms with van der Waals surface area (Å²) in [5.74, 6) is -1.57. The molecule has 0 unspecified atom stereocenters. The van der Waals surface area contributed by atoms with Crippen molar-refractivity contribution in [3.63, 3.8) is 0 Å². The van der Waals surface area contributed by atoms with E-state index in [0.717, 1.165) is 18.7 Å². The van der Waals surface area contributed by atoms with Gasteiger partial charge in [-0.1, -0.05) is 26.2 Å². The maximum atomic E-state index is 13.0. The lowest BCUT2D eigenvalue weighted by molar-refractivity contribution is 0.508. The summed E-state index contributed by atoms with van der Waals surface area (Å²) < 4.78 is 25.7. The standard InChI is InChI=1S/C13H19F2N/c1-3-4-5-6-9-16(2)11-7-8-12(14)13(15)10-11/h7-8,10H,3-6,9H2,1-2H3. The van der Waals surface area contributed by atoms with Gasteiger partial charge < -0.3 is 4.90 Å². The molecule has 0 bridgehead atoms. The van der Waals surface area contributed by atoms with E-state index in [2.05, 4.69) is 6.92 Å². The Morgan fingerprint density at radius 1 is 1.06 bits per heavy atom.